The molecule has 0 aliphatic rings. The molecule has 0 bridgehead atoms. The van der Waals surface area contributed by atoms with Gasteiger partial charge in [0, 0.05) is 5.92 Å². The van der Waals surface area contributed by atoms with Gasteiger partial charge in [0.1, 0.15) is 12.3 Å². The minimum atomic E-state index is -4.30. The molecule has 0 saturated heterocycles. The fraction of sp³-hybridized carbons (Fsp3) is 0.250. The largest absolute Gasteiger partial charge is 0.497 e. The SMILES string of the molecule is COC(=O)CC(c1ccsc1)C(c1ccccc1)N(CC(=O)O)S(=O)(=O)c1ccc(OC)cc1. The first-order valence-corrected chi connectivity index (χ1v) is 12.7. The number of nitrogens with zero attached hydrogens (tertiary/aromatic N) is 1. The van der Waals surface area contributed by atoms with Crippen LogP contribution >= 0.6 is 11.3 Å². The highest BCUT2D eigenvalue weighted by molar-refractivity contribution is 7.89. The van der Waals surface area contributed by atoms with E-state index in [2.05, 4.69) is 0 Å². The maximum absolute atomic E-state index is 13.8. The van der Waals surface area contributed by atoms with Crippen molar-refractivity contribution in [1.82, 2.24) is 4.31 Å². The Hall–Kier alpha value is -3.21. The van der Waals surface area contributed by atoms with Crippen LogP contribution in [0.25, 0.3) is 0 Å². The van der Waals surface area contributed by atoms with Crippen molar-refractivity contribution in [2.75, 3.05) is 20.8 Å². The number of carbonyl (C=O) groups is 2. The van der Waals surface area contributed by atoms with Crippen molar-refractivity contribution >= 4 is 33.3 Å². The van der Waals surface area contributed by atoms with Crippen molar-refractivity contribution in [2.24, 2.45) is 0 Å². The Morgan fingerprint density at radius 3 is 2.21 bits per heavy atom. The van der Waals surface area contributed by atoms with Gasteiger partial charge in [0.15, 0.2) is 0 Å². The van der Waals surface area contributed by atoms with Crippen LogP contribution in [0.1, 0.15) is 29.5 Å². The molecule has 0 saturated carbocycles. The van der Waals surface area contributed by atoms with Gasteiger partial charge in [-0.05, 0) is 52.2 Å². The summed E-state index contributed by atoms with van der Waals surface area (Å²) in [6.07, 6.45) is -0.138. The molecule has 0 amide bonds. The third-order valence-electron chi connectivity index (χ3n) is 5.38. The summed E-state index contributed by atoms with van der Waals surface area (Å²) in [6, 6.07) is 15.2. The average Bonchev–Trinajstić information content (AvgIpc) is 3.38. The smallest absolute Gasteiger partial charge is 0.318 e. The Morgan fingerprint density at radius 1 is 1.00 bits per heavy atom. The van der Waals surface area contributed by atoms with E-state index >= 15 is 0 Å². The van der Waals surface area contributed by atoms with Crippen LogP contribution in [0.15, 0.2) is 76.3 Å². The number of esters is 1. The second-order valence-corrected chi connectivity index (χ2v) is 10.1. The second-order valence-electron chi connectivity index (χ2n) is 7.42. The zero-order valence-corrected chi connectivity index (χ0v) is 20.3. The molecule has 2 atom stereocenters. The van der Waals surface area contributed by atoms with Crippen LogP contribution < -0.4 is 4.74 Å². The van der Waals surface area contributed by atoms with Gasteiger partial charge in [0.2, 0.25) is 10.0 Å². The average molecular weight is 504 g/mol. The third kappa shape index (κ3) is 5.82. The predicted molar refractivity (Wildman–Crippen MR) is 127 cm³/mol. The summed E-state index contributed by atoms with van der Waals surface area (Å²) in [6.45, 7) is -0.796. The maximum Gasteiger partial charge on any atom is 0.318 e. The van der Waals surface area contributed by atoms with E-state index in [9.17, 15) is 23.1 Å². The van der Waals surface area contributed by atoms with Gasteiger partial charge in [0.05, 0.1) is 31.6 Å². The number of methoxy groups -OCH3 is 2. The number of hydrogen-bond donors (Lipinski definition) is 1. The summed E-state index contributed by atoms with van der Waals surface area (Å²) in [5, 5.41) is 13.3. The fourth-order valence-corrected chi connectivity index (χ4v) is 6.08. The molecule has 0 radical (unpaired) electrons. The minimum Gasteiger partial charge on any atom is -0.497 e. The van der Waals surface area contributed by atoms with E-state index in [1.54, 1.807) is 36.4 Å². The van der Waals surface area contributed by atoms with Gasteiger partial charge < -0.3 is 14.6 Å². The van der Waals surface area contributed by atoms with Crippen molar-refractivity contribution in [1.29, 1.82) is 0 Å². The molecule has 8 nitrogen and oxygen atoms in total. The predicted octanol–water partition coefficient (Wildman–Crippen LogP) is 3.92. The summed E-state index contributed by atoms with van der Waals surface area (Å²) in [7, 11) is -1.58. The van der Waals surface area contributed by atoms with Gasteiger partial charge in [0.25, 0.3) is 0 Å². The van der Waals surface area contributed by atoms with Crippen LogP contribution in [-0.2, 0) is 24.3 Å². The Kier molecular flexibility index (Phi) is 8.43. The zero-order chi connectivity index (χ0) is 24.7. The Labute approximate surface area is 202 Å². The molecule has 0 aliphatic heterocycles. The molecular formula is C24H25NO7S2. The first-order valence-electron chi connectivity index (χ1n) is 10.3. The molecule has 1 heterocycles. The lowest BCUT2D eigenvalue weighted by atomic mass is 9.86. The van der Waals surface area contributed by atoms with Gasteiger partial charge in [-0.1, -0.05) is 30.3 Å². The van der Waals surface area contributed by atoms with Crippen LogP contribution in [0, 0.1) is 0 Å². The number of sulfonamides is 1. The van der Waals surface area contributed by atoms with Crippen LogP contribution in [0.5, 0.6) is 5.75 Å². The molecule has 0 spiro atoms. The number of carboxylic acids is 1. The summed E-state index contributed by atoms with van der Waals surface area (Å²) in [5.74, 6) is -2.08. The van der Waals surface area contributed by atoms with Crippen molar-refractivity contribution in [3.8, 4) is 5.75 Å². The normalized spacial score (nSPS) is 13.3. The molecule has 10 heteroatoms. The number of hydrogen-bond acceptors (Lipinski definition) is 7. The fourth-order valence-electron chi connectivity index (χ4n) is 3.76. The summed E-state index contributed by atoms with van der Waals surface area (Å²) in [5.41, 5.74) is 1.27. The molecule has 1 N–H and O–H groups in total. The lowest BCUT2D eigenvalue weighted by molar-refractivity contribution is -0.141. The molecule has 0 fully saturated rings. The highest BCUT2D eigenvalue weighted by atomic mass is 32.2. The van der Waals surface area contributed by atoms with Gasteiger partial charge in [-0.2, -0.15) is 15.6 Å². The van der Waals surface area contributed by atoms with Crippen molar-refractivity contribution in [3.63, 3.8) is 0 Å². The quantitative estimate of drug-likeness (QED) is 0.395. The van der Waals surface area contributed by atoms with Crippen molar-refractivity contribution in [3.05, 3.63) is 82.6 Å². The van der Waals surface area contributed by atoms with Crippen LogP contribution in [-0.4, -0.2) is 50.5 Å². The lowest BCUT2D eigenvalue weighted by Crippen LogP contribution is -2.41. The van der Waals surface area contributed by atoms with Crippen molar-refractivity contribution in [2.45, 2.75) is 23.3 Å². The van der Waals surface area contributed by atoms with Gasteiger partial charge in [-0.15, -0.1) is 0 Å². The molecule has 0 aliphatic carbocycles. The van der Waals surface area contributed by atoms with Crippen LogP contribution in [0.3, 0.4) is 0 Å². The molecule has 2 unspecified atom stereocenters. The van der Waals surface area contributed by atoms with E-state index in [1.165, 1.54) is 49.8 Å². The van der Waals surface area contributed by atoms with E-state index in [4.69, 9.17) is 9.47 Å². The first kappa shape index (κ1) is 25.4. The zero-order valence-electron chi connectivity index (χ0n) is 18.7. The van der Waals surface area contributed by atoms with E-state index in [-0.39, 0.29) is 11.3 Å². The van der Waals surface area contributed by atoms with Crippen LogP contribution in [0.4, 0.5) is 0 Å². The van der Waals surface area contributed by atoms with E-state index in [1.807, 2.05) is 10.8 Å². The van der Waals surface area contributed by atoms with E-state index in [0.29, 0.717) is 16.9 Å². The van der Waals surface area contributed by atoms with Crippen molar-refractivity contribution < 1.29 is 32.6 Å². The molecule has 34 heavy (non-hydrogen) atoms. The number of aliphatic carboxylic acids is 1. The minimum absolute atomic E-state index is 0.0855. The van der Waals surface area contributed by atoms with Crippen LogP contribution in [0.2, 0.25) is 0 Å². The number of carbonyl (C=O) groups excluding carboxylic acids is 1. The number of ether oxygens (including phenoxy) is 2. The van der Waals surface area contributed by atoms with Gasteiger partial charge in [-0.25, -0.2) is 8.42 Å². The maximum atomic E-state index is 13.8. The number of benzene rings is 2. The molecule has 3 aromatic rings. The first-order chi connectivity index (χ1) is 16.3. The second kappa shape index (κ2) is 11.3. The number of rotatable bonds is 11. The van der Waals surface area contributed by atoms with E-state index < -0.39 is 40.5 Å². The van der Waals surface area contributed by atoms with Gasteiger partial charge >= 0.3 is 11.9 Å². The standard InChI is InChI=1S/C24H25NO7S2/c1-31-19-8-10-20(11-9-19)34(29,30)25(15-22(26)27)24(17-6-4-3-5-7-17)21(14-23(28)32-2)18-12-13-33-16-18/h3-13,16,21,24H,14-15H2,1-2H3,(H,26,27). The van der Waals surface area contributed by atoms with Gasteiger partial charge in [-0.3, -0.25) is 9.59 Å². The lowest BCUT2D eigenvalue weighted by Gasteiger charge is -2.35. The summed E-state index contributed by atoms with van der Waals surface area (Å²) < 4.78 is 38.6. The Balaban J connectivity index is 2.22. The Morgan fingerprint density at radius 2 is 1.68 bits per heavy atom. The molecular weight excluding hydrogens is 478 g/mol. The Bertz CT molecular complexity index is 1190. The summed E-state index contributed by atoms with van der Waals surface area (Å²) >= 11 is 1.40. The van der Waals surface area contributed by atoms with E-state index in [0.717, 1.165) is 4.31 Å². The highest BCUT2D eigenvalue weighted by Gasteiger charge is 2.40. The third-order valence-corrected chi connectivity index (χ3v) is 7.92. The molecule has 2 aromatic carbocycles. The topological polar surface area (TPSA) is 110 Å². The highest BCUT2D eigenvalue weighted by Crippen LogP contribution is 2.42. The molecule has 180 valence electrons. The monoisotopic (exact) mass is 503 g/mol. The summed E-state index contributed by atoms with van der Waals surface area (Å²) in [4.78, 5) is 24.2. The molecule has 1 aromatic heterocycles. The number of carboxylic acid groups (broad SMARTS) is 1. The number of thiophene rings is 1. The molecule has 3 rings (SSSR count).